The van der Waals surface area contributed by atoms with Gasteiger partial charge >= 0.3 is 0 Å². The van der Waals surface area contributed by atoms with Gasteiger partial charge in [0.15, 0.2) is 0 Å². The maximum Gasteiger partial charge on any atom is 0.263 e. The molecule has 2 N–H and O–H groups in total. The zero-order valence-corrected chi connectivity index (χ0v) is 19.3. The van der Waals surface area contributed by atoms with Gasteiger partial charge in [0, 0.05) is 38.6 Å². The van der Waals surface area contributed by atoms with Crippen molar-refractivity contribution in [3.8, 4) is 0 Å². The average molecular weight is 457 g/mol. The van der Waals surface area contributed by atoms with Gasteiger partial charge in [-0.05, 0) is 43.7 Å². The Morgan fingerprint density at radius 3 is 2.38 bits per heavy atom. The molecular weight excluding hydrogens is 428 g/mol. The molecule has 32 heavy (non-hydrogen) atoms. The second kappa shape index (κ2) is 9.17. The van der Waals surface area contributed by atoms with Crippen molar-refractivity contribution in [3.63, 3.8) is 0 Å². The summed E-state index contributed by atoms with van der Waals surface area (Å²) in [5, 5.41) is 7.48. The zero-order valence-electron chi connectivity index (χ0n) is 18.5. The number of sulfonamides is 1. The number of anilines is 3. The number of nitrogens with one attached hydrogen (secondary N) is 2. The average Bonchev–Trinajstić information content (AvgIpc) is 3.04. The molecule has 1 fully saturated rings. The Labute approximate surface area is 188 Å². The smallest absolute Gasteiger partial charge is 0.263 e. The molecule has 170 valence electrons. The number of aromatic nitrogens is 3. The number of hydrogen-bond acceptors (Lipinski definition) is 7. The predicted molar refractivity (Wildman–Crippen MR) is 125 cm³/mol. The highest BCUT2D eigenvalue weighted by Gasteiger charge is 2.19. The van der Waals surface area contributed by atoms with Crippen LogP contribution in [0.3, 0.4) is 0 Å². The number of morpholine rings is 1. The van der Waals surface area contributed by atoms with Gasteiger partial charge in [-0.2, -0.15) is 5.10 Å². The normalized spacial score (nSPS) is 14.4. The molecule has 0 spiro atoms. The number of pyridine rings is 1. The first-order chi connectivity index (χ1) is 15.3. The molecule has 0 atom stereocenters. The van der Waals surface area contributed by atoms with Gasteiger partial charge in [-0.25, -0.2) is 13.4 Å². The van der Waals surface area contributed by atoms with Crippen molar-refractivity contribution in [3.05, 3.63) is 59.5 Å². The van der Waals surface area contributed by atoms with E-state index in [9.17, 15) is 8.42 Å². The molecule has 0 saturated carbocycles. The molecule has 0 radical (unpaired) electrons. The van der Waals surface area contributed by atoms with Crippen LogP contribution in [0.4, 0.5) is 17.2 Å². The fraction of sp³-hybridized carbons (Fsp3) is 0.364. The molecule has 1 aromatic carbocycles. The van der Waals surface area contributed by atoms with Crippen LogP contribution in [0.2, 0.25) is 0 Å². The Hall–Kier alpha value is -3.11. The van der Waals surface area contributed by atoms with Crippen LogP contribution in [0.1, 0.15) is 17.0 Å². The van der Waals surface area contributed by atoms with E-state index < -0.39 is 10.0 Å². The second-order valence-electron chi connectivity index (χ2n) is 7.77. The van der Waals surface area contributed by atoms with Gasteiger partial charge in [0.25, 0.3) is 10.0 Å². The molecule has 0 bridgehead atoms. The number of hydrogen-bond donors (Lipinski definition) is 2. The Kier molecular flexibility index (Phi) is 6.33. The van der Waals surface area contributed by atoms with Gasteiger partial charge in [-0.15, -0.1) is 0 Å². The molecule has 0 amide bonds. The van der Waals surface area contributed by atoms with Crippen LogP contribution in [0, 0.1) is 13.8 Å². The molecule has 0 unspecified atom stereocenters. The molecule has 0 aliphatic carbocycles. The Morgan fingerprint density at radius 1 is 1.06 bits per heavy atom. The van der Waals surface area contributed by atoms with Crippen molar-refractivity contribution >= 4 is 27.2 Å². The summed E-state index contributed by atoms with van der Waals surface area (Å²) in [4.78, 5) is 6.68. The number of aryl methyl sites for hydroxylation is 2. The lowest BCUT2D eigenvalue weighted by Gasteiger charge is -2.28. The van der Waals surface area contributed by atoms with E-state index in [2.05, 4.69) is 49.3 Å². The van der Waals surface area contributed by atoms with E-state index in [1.807, 2.05) is 6.92 Å². The Morgan fingerprint density at radius 2 is 1.78 bits per heavy atom. The summed E-state index contributed by atoms with van der Waals surface area (Å²) in [5.41, 5.74) is 4.17. The topological polar surface area (TPSA) is 101 Å². The molecule has 1 aliphatic rings. The van der Waals surface area contributed by atoms with Crippen LogP contribution in [0.15, 0.2) is 47.5 Å². The van der Waals surface area contributed by atoms with Gasteiger partial charge in [-0.1, -0.05) is 12.1 Å². The summed E-state index contributed by atoms with van der Waals surface area (Å²) in [6, 6.07) is 11.6. The quantitative estimate of drug-likeness (QED) is 0.564. The number of ether oxygens (including phenoxy) is 1. The van der Waals surface area contributed by atoms with Crippen LogP contribution in [-0.2, 0) is 28.4 Å². The van der Waals surface area contributed by atoms with Gasteiger partial charge in [0.2, 0.25) is 0 Å². The van der Waals surface area contributed by atoms with Crippen LogP contribution < -0.4 is 14.9 Å². The largest absolute Gasteiger partial charge is 0.378 e. The number of benzene rings is 1. The first kappa shape index (κ1) is 22.1. The molecule has 4 rings (SSSR count). The lowest BCUT2D eigenvalue weighted by molar-refractivity contribution is 0.122. The van der Waals surface area contributed by atoms with E-state index in [0.29, 0.717) is 23.7 Å². The van der Waals surface area contributed by atoms with Crippen molar-refractivity contribution in [2.45, 2.75) is 25.3 Å². The molecule has 3 aromatic rings. The van der Waals surface area contributed by atoms with E-state index in [1.54, 1.807) is 30.8 Å². The first-order valence-electron chi connectivity index (χ1n) is 10.5. The third-order valence-corrected chi connectivity index (χ3v) is 6.91. The van der Waals surface area contributed by atoms with Crippen molar-refractivity contribution < 1.29 is 13.2 Å². The molecule has 9 nitrogen and oxygen atoms in total. The number of rotatable bonds is 7. The summed E-state index contributed by atoms with van der Waals surface area (Å²) >= 11 is 0. The first-order valence-corrected chi connectivity index (χ1v) is 12.0. The molecule has 3 heterocycles. The highest BCUT2D eigenvalue weighted by molar-refractivity contribution is 7.92. The van der Waals surface area contributed by atoms with Gasteiger partial charge in [0.1, 0.15) is 10.7 Å². The Bertz CT molecular complexity index is 1170. The molecule has 10 heteroatoms. The van der Waals surface area contributed by atoms with Crippen molar-refractivity contribution in [2.24, 2.45) is 7.05 Å². The minimum Gasteiger partial charge on any atom is -0.378 e. The highest BCUT2D eigenvalue weighted by Crippen LogP contribution is 2.23. The lowest BCUT2D eigenvalue weighted by Crippen LogP contribution is -2.36. The SMILES string of the molecule is Cc1nn(C)c(C)c1NS(=O)(=O)c1ccc(NCc2ccc(N3CCOCC3)cc2)nc1. The zero-order chi connectivity index (χ0) is 22.7. The van der Waals surface area contributed by atoms with E-state index in [-0.39, 0.29) is 4.90 Å². The van der Waals surface area contributed by atoms with Crippen molar-refractivity contribution in [1.82, 2.24) is 14.8 Å². The van der Waals surface area contributed by atoms with E-state index in [1.165, 1.54) is 11.9 Å². The summed E-state index contributed by atoms with van der Waals surface area (Å²) in [5.74, 6) is 0.606. The minimum absolute atomic E-state index is 0.0977. The van der Waals surface area contributed by atoms with E-state index in [4.69, 9.17) is 4.74 Å². The van der Waals surface area contributed by atoms with Crippen LogP contribution >= 0.6 is 0 Å². The number of nitrogens with zero attached hydrogens (tertiary/aromatic N) is 4. The molecule has 1 aliphatic heterocycles. The van der Waals surface area contributed by atoms with Crippen LogP contribution in [0.25, 0.3) is 0 Å². The van der Waals surface area contributed by atoms with Crippen LogP contribution in [-0.4, -0.2) is 49.5 Å². The fourth-order valence-corrected chi connectivity index (χ4v) is 4.72. The summed E-state index contributed by atoms with van der Waals surface area (Å²) < 4.78 is 35.2. The predicted octanol–water partition coefficient (Wildman–Crippen LogP) is 2.68. The lowest BCUT2D eigenvalue weighted by atomic mass is 10.2. The maximum atomic E-state index is 12.7. The molecule has 2 aromatic heterocycles. The fourth-order valence-electron chi connectivity index (χ4n) is 3.60. The van der Waals surface area contributed by atoms with Gasteiger partial charge < -0.3 is 15.0 Å². The van der Waals surface area contributed by atoms with E-state index in [0.717, 1.165) is 37.6 Å². The third kappa shape index (κ3) is 4.86. The van der Waals surface area contributed by atoms with Crippen LogP contribution in [0.5, 0.6) is 0 Å². The van der Waals surface area contributed by atoms with Crippen molar-refractivity contribution in [1.29, 1.82) is 0 Å². The minimum atomic E-state index is -3.75. The van der Waals surface area contributed by atoms with Gasteiger partial charge in [-0.3, -0.25) is 9.40 Å². The summed E-state index contributed by atoms with van der Waals surface area (Å²) in [6.45, 7) is 7.52. The van der Waals surface area contributed by atoms with E-state index >= 15 is 0 Å². The summed E-state index contributed by atoms with van der Waals surface area (Å²) in [7, 11) is -1.98. The summed E-state index contributed by atoms with van der Waals surface area (Å²) in [6.07, 6.45) is 1.35. The molecular formula is C22H28N6O3S. The standard InChI is InChI=1S/C22H28N6O3S/c1-16-22(17(2)27(3)25-16)26-32(29,30)20-8-9-21(24-15-20)23-14-18-4-6-19(7-5-18)28-10-12-31-13-11-28/h4-9,15,26H,10-14H2,1-3H3,(H,23,24). The van der Waals surface area contributed by atoms with Gasteiger partial charge in [0.05, 0.1) is 30.3 Å². The Balaban J connectivity index is 1.37. The maximum absolute atomic E-state index is 12.7. The second-order valence-corrected chi connectivity index (χ2v) is 9.46. The van der Waals surface area contributed by atoms with Crippen molar-refractivity contribution in [2.75, 3.05) is 41.2 Å². The molecule has 1 saturated heterocycles. The monoisotopic (exact) mass is 456 g/mol. The highest BCUT2D eigenvalue weighted by atomic mass is 32.2. The third-order valence-electron chi connectivity index (χ3n) is 5.58.